The van der Waals surface area contributed by atoms with E-state index in [2.05, 4.69) is 15.9 Å². The van der Waals surface area contributed by atoms with E-state index >= 15 is 0 Å². The summed E-state index contributed by atoms with van der Waals surface area (Å²) >= 11 is 9.00. The van der Waals surface area contributed by atoms with Gasteiger partial charge in [-0.05, 0) is 46.8 Å². The van der Waals surface area contributed by atoms with Gasteiger partial charge in [0.2, 0.25) is 10.0 Å². The van der Waals surface area contributed by atoms with Crippen LogP contribution >= 0.6 is 27.5 Å². The molecule has 1 aliphatic carbocycles. The van der Waals surface area contributed by atoms with Gasteiger partial charge >= 0.3 is 5.97 Å². The number of rotatable bonds is 6. The second-order valence-corrected chi connectivity index (χ2v) is 8.14. The average Bonchev–Trinajstić information content (AvgIpc) is 3.22. The Balaban J connectivity index is 2.45. The van der Waals surface area contributed by atoms with E-state index in [-0.39, 0.29) is 20.0 Å². The summed E-state index contributed by atoms with van der Waals surface area (Å²) in [5.74, 6) is -0.850. The smallest absolute Gasteiger partial charge is 0.337 e. The molecule has 0 atom stereocenters. The number of hydrogen-bond donors (Lipinski definition) is 1. The molecule has 1 aliphatic rings. The van der Waals surface area contributed by atoms with Gasteiger partial charge in [-0.3, -0.25) is 0 Å². The van der Waals surface area contributed by atoms with E-state index in [9.17, 15) is 13.2 Å². The normalized spacial score (nSPS) is 15.4. The third kappa shape index (κ3) is 3.59. The zero-order valence-electron chi connectivity index (χ0n) is 11.3. The van der Waals surface area contributed by atoms with E-state index in [1.54, 1.807) is 6.92 Å². The van der Waals surface area contributed by atoms with Crippen LogP contribution in [0, 0.1) is 5.92 Å². The van der Waals surface area contributed by atoms with Crippen LogP contribution in [-0.2, 0) is 10.0 Å². The van der Waals surface area contributed by atoms with Crippen molar-refractivity contribution in [2.45, 2.75) is 24.7 Å². The maximum atomic E-state index is 12.6. The summed E-state index contributed by atoms with van der Waals surface area (Å²) in [6, 6.07) is 2.46. The van der Waals surface area contributed by atoms with Crippen molar-refractivity contribution in [2.75, 3.05) is 13.1 Å². The Morgan fingerprint density at radius 1 is 1.48 bits per heavy atom. The Kier molecular flexibility index (Phi) is 4.97. The van der Waals surface area contributed by atoms with Crippen molar-refractivity contribution in [3.63, 3.8) is 0 Å². The lowest BCUT2D eigenvalue weighted by Gasteiger charge is -2.21. The largest absolute Gasteiger partial charge is 0.478 e. The Morgan fingerprint density at radius 2 is 2.10 bits per heavy atom. The van der Waals surface area contributed by atoms with Crippen molar-refractivity contribution in [1.29, 1.82) is 0 Å². The molecule has 0 aromatic heterocycles. The average molecular weight is 397 g/mol. The van der Waals surface area contributed by atoms with Crippen LogP contribution < -0.4 is 0 Å². The maximum absolute atomic E-state index is 12.6. The van der Waals surface area contributed by atoms with Crippen LogP contribution in [0.5, 0.6) is 0 Å². The minimum Gasteiger partial charge on any atom is -0.478 e. The number of carboxylic acids is 1. The predicted molar refractivity (Wildman–Crippen MR) is 83.3 cm³/mol. The third-order valence-electron chi connectivity index (χ3n) is 3.38. The summed E-state index contributed by atoms with van der Waals surface area (Å²) in [6.07, 6.45) is 2.08. The van der Waals surface area contributed by atoms with Crippen molar-refractivity contribution in [1.82, 2.24) is 4.31 Å². The Hall–Kier alpha value is -0.630. The van der Waals surface area contributed by atoms with Crippen molar-refractivity contribution in [3.8, 4) is 0 Å². The molecule has 0 bridgehead atoms. The fraction of sp³-hybridized carbons (Fsp3) is 0.462. The van der Waals surface area contributed by atoms with Crippen LogP contribution in [0.2, 0.25) is 5.02 Å². The standard InChI is InChI=1S/C13H15BrClNO4S/c1-2-16(7-8-3-4-8)21(19,20)9-5-10(13(17)18)12(15)11(14)6-9/h5-6,8H,2-4,7H2,1H3,(H,17,18). The van der Waals surface area contributed by atoms with Crippen LogP contribution in [0.1, 0.15) is 30.1 Å². The van der Waals surface area contributed by atoms with Crippen molar-refractivity contribution in [2.24, 2.45) is 5.92 Å². The maximum Gasteiger partial charge on any atom is 0.337 e. The highest BCUT2D eigenvalue weighted by Gasteiger charge is 2.31. The molecule has 8 heteroatoms. The van der Waals surface area contributed by atoms with Crippen LogP contribution in [0.4, 0.5) is 0 Å². The minimum absolute atomic E-state index is 0.00769. The lowest BCUT2D eigenvalue weighted by Crippen LogP contribution is -2.33. The van der Waals surface area contributed by atoms with Crippen molar-refractivity contribution in [3.05, 3.63) is 27.2 Å². The van der Waals surface area contributed by atoms with Gasteiger partial charge in [0.05, 0.1) is 15.5 Å². The molecule has 2 rings (SSSR count). The minimum atomic E-state index is -3.72. The van der Waals surface area contributed by atoms with Gasteiger partial charge in [-0.1, -0.05) is 18.5 Å². The van der Waals surface area contributed by atoms with Gasteiger partial charge in [-0.25, -0.2) is 13.2 Å². The number of carboxylic acid groups (broad SMARTS) is 1. The fourth-order valence-electron chi connectivity index (χ4n) is 2.00. The highest BCUT2D eigenvalue weighted by atomic mass is 79.9. The van der Waals surface area contributed by atoms with Crippen LogP contribution in [0.3, 0.4) is 0 Å². The molecule has 1 fully saturated rings. The Morgan fingerprint density at radius 3 is 2.57 bits per heavy atom. The van der Waals surface area contributed by atoms with Crippen molar-refractivity contribution < 1.29 is 18.3 Å². The molecule has 0 aliphatic heterocycles. The van der Waals surface area contributed by atoms with Gasteiger partial charge in [0.1, 0.15) is 0 Å². The third-order valence-corrected chi connectivity index (χ3v) is 6.56. The number of nitrogens with zero attached hydrogens (tertiary/aromatic N) is 1. The molecule has 116 valence electrons. The van der Waals surface area contributed by atoms with E-state index in [0.717, 1.165) is 18.9 Å². The molecular formula is C13H15BrClNO4S. The molecule has 0 amide bonds. The number of carbonyl (C=O) groups is 1. The van der Waals surface area contributed by atoms with Crippen LogP contribution in [0.15, 0.2) is 21.5 Å². The Labute approximate surface area is 137 Å². The molecule has 0 radical (unpaired) electrons. The quantitative estimate of drug-likeness (QED) is 0.801. The first kappa shape index (κ1) is 16.7. The summed E-state index contributed by atoms with van der Waals surface area (Å²) in [5.41, 5.74) is -0.230. The van der Waals surface area contributed by atoms with Crippen LogP contribution in [0.25, 0.3) is 0 Å². The zero-order valence-corrected chi connectivity index (χ0v) is 14.5. The second kappa shape index (κ2) is 6.24. The van der Waals surface area contributed by atoms with Gasteiger partial charge in [0.25, 0.3) is 0 Å². The van der Waals surface area contributed by atoms with Gasteiger partial charge in [-0.15, -0.1) is 0 Å². The molecule has 1 saturated carbocycles. The fourth-order valence-corrected chi connectivity index (χ4v) is 4.38. The SMILES string of the molecule is CCN(CC1CC1)S(=O)(=O)c1cc(Br)c(Cl)c(C(=O)O)c1. The first-order valence-corrected chi connectivity index (χ1v) is 9.11. The molecule has 1 aromatic rings. The summed E-state index contributed by atoms with van der Waals surface area (Å²) in [5, 5.41) is 9.11. The van der Waals surface area contributed by atoms with Crippen LogP contribution in [-0.4, -0.2) is 36.9 Å². The summed E-state index contributed by atoms with van der Waals surface area (Å²) in [4.78, 5) is 11.1. The van der Waals surface area contributed by atoms with E-state index in [4.69, 9.17) is 16.7 Å². The van der Waals surface area contributed by atoms with E-state index in [0.29, 0.717) is 19.0 Å². The van der Waals surface area contributed by atoms with E-state index in [1.165, 1.54) is 10.4 Å². The molecule has 1 aromatic carbocycles. The van der Waals surface area contributed by atoms with Gasteiger partial charge in [0, 0.05) is 17.6 Å². The number of benzene rings is 1. The highest BCUT2D eigenvalue weighted by molar-refractivity contribution is 9.10. The van der Waals surface area contributed by atoms with Gasteiger partial charge in [-0.2, -0.15) is 4.31 Å². The summed E-state index contributed by atoms with van der Waals surface area (Å²) in [7, 11) is -3.72. The van der Waals surface area contributed by atoms with E-state index < -0.39 is 16.0 Å². The second-order valence-electron chi connectivity index (χ2n) is 4.97. The van der Waals surface area contributed by atoms with Crippen molar-refractivity contribution >= 4 is 43.5 Å². The molecule has 0 unspecified atom stereocenters. The number of halogens is 2. The molecule has 0 spiro atoms. The zero-order chi connectivity index (χ0) is 15.8. The first-order chi connectivity index (χ1) is 9.77. The predicted octanol–water partition coefficient (Wildman–Crippen LogP) is 3.22. The Bertz CT molecular complexity index is 673. The number of sulfonamides is 1. The number of aromatic carboxylic acids is 1. The first-order valence-electron chi connectivity index (χ1n) is 6.49. The topological polar surface area (TPSA) is 74.7 Å². The van der Waals surface area contributed by atoms with Gasteiger partial charge < -0.3 is 5.11 Å². The van der Waals surface area contributed by atoms with Gasteiger partial charge in [0.15, 0.2) is 0 Å². The number of hydrogen-bond acceptors (Lipinski definition) is 3. The molecule has 0 saturated heterocycles. The highest BCUT2D eigenvalue weighted by Crippen LogP contribution is 2.34. The molecule has 5 nitrogen and oxygen atoms in total. The summed E-state index contributed by atoms with van der Waals surface area (Å²) < 4.78 is 26.9. The van der Waals surface area contributed by atoms with E-state index in [1.807, 2.05) is 0 Å². The molecule has 1 N–H and O–H groups in total. The molecule has 21 heavy (non-hydrogen) atoms. The molecule has 0 heterocycles. The summed E-state index contributed by atoms with van der Waals surface area (Å²) in [6.45, 7) is 2.59. The lowest BCUT2D eigenvalue weighted by molar-refractivity contribution is 0.0696. The monoisotopic (exact) mass is 395 g/mol. The lowest BCUT2D eigenvalue weighted by atomic mass is 10.2. The molecular weight excluding hydrogens is 382 g/mol.